The van der Waals surface area contributed by atoms with Gasteiger partial charge in [-0.1, -0.05) is 50.1 Å². The molecule has 3 nitrogen and oxygen atoms in total. The number of nitrogens with two attached hydrogens (primary N) is 1. The molecule has 1 aromatic carbocycles. The first-order chi connectivity index (χ1) is 9.09. The predicted octanol–water partition coefficient (Wildman–Crippen LogP) is 2.72. The van der Waals surface area contributed by atoms with Gasteiger partial charge in [-0.05, 0) is 24.3 Å². The summed E-state index contributed by atoms with van der Waals surface area (Å²) in [7, 11) is 1.90. The first-order valence-electron chi connectivity index (χ1n) is 7.16. The van der Waals surface area contributed by atoms with Crippen LogP contribution in [0.2, 0.25) is 0 Å². The van der Waals surface area contributed by atoms with Crippen LogP contribution in [0.25, 0.3) is 0 Å². The van der Waals surface area contributed by atoms with E-state index in [-0.39, 0.29) is 5.91 Å². The van der Waals surface area contributed by atoms with E-state index in [0.717, 1.165) is 18.4 Å². The molecule has 19 heavy (non-hydrogen) atoms. The summed E-state index contributed by atoms with van der Waals surface area (Å²) < 4.78 is 0. The Morgan fingerprint density at radius 1 is 1.32 bits per heavy atom. The number of rotatable bonds is 3. The van der Waals surface area contributed by atoms with Crippen molar-refractivity contribution in [2.75, 3.05) is 7.05 Å². The maximum Gasteiger partial charge on any atom is 0.244 e. The molecule has 1 fully saturated rings. The second-order valence-corrected chi connectivity index (χ2v) is 5.76. The molecule has 3 heteroatoms. The van der Waals surface area contributed by atoms with Crippen LogP contribution in [0, 0.1) is 5.92 Å². The van der Waals surface area contributed by atoms with Gasteiger partial charge in [0.25, 0.3) is 0 Å². The number of hydrogen-bond donors (Lipinski definition) is 1. The van der Waals surface area contributed by atoms with Crippen molar-refractivity contribution in [2.24, 2.45) is 11.7 Å². The summed E-state index contributed by atoms with van der Waals surface area (Å²) in [6.07, 6.45) is 4.70. The Kier molecular flexibility index (Phi) is 4.59. The van der Waals surface area contributed by atoms with Crippen molar-refractivity contribution in [3.8, 4) is 0 Å². The summed E-state index contributed by atoms with van der Waals surface area (Å²) in [6.45, 7) is 2.27. The Hall–Kier alpha value is -1.35. The Bertz CT molecular complexity index is 418. The molecule has 0 aromatic heterocycles. The molecule has 1 amide bonds. The number of hydrogen-bond acceptors (Lipinski definition) is 2. The van der Waals surface area contributed by atoms with Crippen LogP contribution >= 0.6 is 0 Å². The Morgan fingerprint density at radius 3 is 2.63 bits per heavy atom. The van der Waals surface area contributed by atoms with Gasteiger partial charge in [0.15, 0.2) is 0 Å². The molecular weight excluding hydrogens is 236 g/mol. The molecule has 0 saturated heterocycles. The molecule has 0 spiro atoms. The van der Waals surface area contributed by atoms with Gasteiger partial charge < -0.3 is 10.6 Å². The average molecular weight is 260 g/mol. The smallest absolute Gasteiger partial charge is 0.244 e. The summed E-state index contributed by atoms with van der Waals surface area (Å²) in [5.74, 6) is 0.743. The second-order valence-electron chi connectivity index (χ2n) is 5.76. The van der Waals surface area contributed by atoms with Crippen LogP contribution in [0.1, 0.15) is 44.2 Å². The number of nitrogens with zero attached hydrogens (tertiary/aromatic N) is 1. The van der Waals surface area contributed by atoms with E-state index < -0.39 is 6.04 Å². The standard InChI is InChI=1S/C16H24N2O/c1-12-7-6-10-14(11-12)18(2)16(19)15(17)13-8-4-3-5-9-13/h3-5,8-9,12,14-15H,6-7,10-11,17H2,1-2H3. The third-order valence-corrected chi connectivity index (χ3v) is 4.23. The van der Waals surface area contributed by atoms with E-state index in [9.17, 15) is 4.79 Å². The van der Waals surface area contributed by atoms with E-state index in [1.54, 1.807) is 0 Å². The molecule has 1 aromatic rings. The molecule has 1 aliphatic rings. The van der Waals surface area contributed by atoms with E-state index in [1.165, 1.54) is 12.8 Å². The third-order valence-electron chi connectivity index (χ3n) is 4.23. The molecule has 3 unspecified atom stereocenters. The first kappa shape index (κ1) is 14.1. The SMILES string of the molecule is CC1CCCC(N(C)C(=O)C(N)c2ccccc2)C1. The summed E-state index contributed by atoms with van der Waals surface area (Å²) >= 11 is 0. The third kappa shape index (κ3) is 3.35. The topological polar surface area (TPSA) is 46.3 Å². The highest BCUT2D eigenvalue weighted by molar-refractivity contribution is 5.83. The summed E-state index contributed by atoms with van der Waals surface area (Å²) in [5.41, 5.74) is 6.98. The predicted molar refractivity (Wildman–Crippen MR) is 77.6 cm³/mol. The molecule has 0 radical (unpaired) electrons. The highest BCUT2D eigenvalue weighted by Gasteiger charge is 2.28. The lowest BCUT2D eigenvalue weighted by molar-refractivity contribution is -0.134. The van der Waals surface area contributed by atoms with E-state index in [4.69, 9.17) is 5.73 Å². The van der Waals surface area contributed by atoms with Crippen LogP contribution in [0.3, 0.4) is 0 Å². The zero-order valence-corrected chi connectivity index (χ0v) is 11.9. The van der Waals surface area contributed by atoms with Gasteiger partial charge in [-0.3, -0.25) is 4.79 Å². The average Bonchev–Trinajstić information content (AvgIpc) is 2.46. The minimum Gasteiger partial charge on any atom is -0.341 e. The largest absolute Gasteiger partial charge is 0.341 e. The Balaban J connectivity index is 2.02. The number of carbonyl (C=O) groups excluding carboxylic acids is 1. The zero-order valence-electron chi connectivity index (χ0n) is 11.9. The lowest BCUT2D eigenvalue weighted by Gasteiger charge is -2.35. The van der Waals surface area contributed by atoms with Gasteiger partial charge in [0.1, 0.15) is 6.04 Å². The fraction of sp³-hybridized carbons (Fsp3) is 0.562. The molecule has 0 bridgehead atoms. The Morgan fingerprint density at radius 2 is 2.00 bits per heavy atom. The van der Waals surface area contributed by atoms with Crippen molar-refractivity contribution < 1.29 is 4.79 Å². The van der Waals surface area contributed by atoms with Crippen molar-refractivity contribution >= 4 is 5.91 Å². The van der Waals surface area contributed by atoms with Gasteiger partial charge in [-0.2, -0.15) is 0 Å². The fourth-order valence-corrected chi connectivity index (χ4v) is 2.96. The van der Waals surface area contributed by atoms with Crippen molar-refractivity contribution in [3.63, 3.8) is 0 Å². The number of amides is 1. The lowest BCUT2D eigenvalue weighted by Crippen LogP contribution is -2.44. The van der Waals surface area contributed by atoms with E-state index >= 15 is 0 Å². The van der Waals surface area contributed by atoms with Gasteiger partial charge in [0.2, 0.25) is 5.91 Å². The molecule has 1 aliphatic carbocycles. The quantitative estimate of drug-likeness (QED) is 0.908. The molecule has 2 N–H and O–H groups in total. The van der Waals surface area contributed by atoms with Crippen LogP contribution in [0.4, 0.5) is 0 Å². The molecule has 0 aliphatic heterocycles. The number of likely N-dealkylation sites (N-methyl/N-ethyl adjacent to an activating group) is 1. The molecule has 1 saturated carbocycles. The molecular formula is C16H24N2O. The summed E-state index contributed by atoms with van der Waals surface area (Å²) in [5, 5.41) is 0. The van der Waals surface area contributed by atoms with Crippen molar-refractivity contribution in [1.82, 2.24) is 4.90 Å². The van der Waals surface area contributed by atoms with Gasteiger partial charge in [0.05, 0.1) is 0 Å². The normalized spacial score (nSPS) is 24.8. The summed E-state index contributed by atoms with van der Waals surface area (Å²) in [6, 6.07) is 9.43. The van der Waals surface area contributed by atoms with Crippen molar-refractivity contribution in [1.29, 1.82) is 0 Å². The van der Waals surface area contributed by atoms with Crippen LogP contribution in [0.5, 0.6) is 0 Å². The van der Waals surface area contributed by atoms with E-state index in [2.05, 4.69) is 6.92 Å². The minimum absolute atomic E-state index is 0.0327. The van der Waals surface area contributed by atoms with Crippen LogP contribution in [-0.2, 0) is 4.79 Å². The number of benzene rings is 1. The zero-order chi connectivity index (χ0) is 13.8. The van der Waals surface area contributed by atoms with Crippen LogP contribution in [-0.4, -0.2) is 23.9 Å². The fourth-order valence-electron chi connectivity index (χ4n) is 2.96. The summed E-state index contributed by atoms with van der Waals surface area (Å²) in [4.78, 5) is 14.3. The van der Waals surface area contributed by atoms with Crippen LogP contribution < -0.4 is 5.73 Å². The monoisotopic (exact) mass is 260 g/mol. The molecule has 0 heterocycles. The highest BCUT2D eigenvalue weighted by Crippen LogP contribution is 2.27. The van der Waals surface area contributed by atoms with Crippen LogP contribution in [0.15, 0.2) is 30.3 Å². The van der Waals surface area contributed by atoms with Gasteiger partial charge in [-0.15, -0.1) is 0 Å². The number of carbonyl (C=O) groups is 1. The van der Waals surface area contributed by atoms with Crippen molar-refractivity contribution in [2.45, 2.75) is 44.7 Å². The van der Waals surface area contributed by atoms with E-state index in [0.29, 0.717) is 12.0 Å². The molecule has 3 atom stereocenters. The Labute approximate surface area is 115 Å². The van der Waals surface area contributed by atoms with Gasteiger partial charge in [0, 0.05) is 13.1 Å². The molecule has 2 rings (SSSR count). The van der Waals surface area contributed by atoms with Crippen molar-refractivity contribution in [3.05, 3.63) is 35.9 Å². The maximum atomic E-state index is 12.5. The first-order valence-corrected chi connectivity index (χ1v) is 7.16. The van der Waals surface area contributed by atoms with Gasteiger partial charge >= 0.3 is 0 Å². The minimum atomic E-state index is -0.538. The lowest BCUT2D eigenvalue weighted by atomic mass is 9.86. The maximum absolute atomic E-state index is 12.5. The second kappa shape index (κ2) is 6.20. The van der Waals surface area contributed by atoms with E-state index in [1.807, 2.05) is 42.3 Å². The molecule has 104 valence electrons. The highest BCUT2D eigenvalue weighted by atomic mass is 16.2. The van der Waals surface area contributed by atoms with Gasteiger partial charge in [-0.25, -0.2) is 0 Å².